The standard InChI is InChI=1S/C32H43N11O13S3/c1-3-27-37-30(42-32(38-27)43(2)18-24(46)19-45)35-22-8-6-20(25(16-22)58(50,51)52)4-5-21-7-9-23(17-26(21)59(53,54)55)36-31-40-28(33-10-13-56-14-12-44)39-29(41-31)34-11-15-57(47,48)49/h4-9,16-17,24,44-46H,3,10-15,18-19H2,1-2H3,(H,47,48,49)(H,50,51,52)(H,53,54,55)(H,35,37,38,42)(H3,33,34,36,39,40,41). The van der Waals surface area contributed by atoms with Gasteiger partial charge >= 0.3 is 0 Å². The van der Waals surface area contributed by atoms with Gasteiger partial charge in [-0.3, -0.25) is 13.7 Å². The lowest BCUT2D eigenvalue weighted by Crippen LogP contribution is -2.32. The van der Waals surface area contributed by atoms with Gasteiger partial charge in [0.2, 0.25) is 29.7 Å². The summed E-state index contributed by atoms with van der Waals surface area (Å²) >= 11 is 0. The van der Waals surface area contributed by atoms with Gasteiger partial charge < -0.3 is 46.2 Å². The van der Waals surface area contributed by atoms with Gasteiger partial charge in [-0.25, -0.2) is 0 Å². The number of hydrogen-bond acceptors (Lipinski definition) is 21. The van der Waals surface area contributed by atoms with Crippen molar-refractivity contribution >= 4 is 83.6 Å². The minimum absolute atomic E-state index is 0.000143. The van der Waals surface area contributed by atoms with Gasteiger partial charge in [-0.1, -0.05) is 31.2 Å². The molecule has 27 heteroatoms. The van der Waals surface area contributed by atoms with E-state index in [0.29, 0.717) is 12.2 Å². The highest BCUT2D eigenvalue weighted by molar-refractivity contribution is 7.86. The molecule has 1 atom stereocenters. The second-order valence-corrected chi connectivity index (χ2v) is 16.6. The maximum Gasteiger partial charge on any atom is 0.295 e. The van der Waals surface area contributed by atoms with Crippen LogP contribution in [0.25, 0.3) is 12.2 Å². The SMILES string of the molecule is CCc1nc(Nc2ccc(C=Cc3ccc(Nc4nc(NCCOCCO)nc(NCCS(=O)(=O)O)n4)cc3S(=O)(=O)O)c(S(=O)(=O)O)c2)nc(N(C)CC(O)CO)n1. The van der Waals surface area contributed by atoms with Crippen LogP contribution >= 0.6 is 0 Å². The van der Waals surface area contributed by atoms with Gasteiger partial charge in [0.05, 0.1) is 38.3 Å². The fourth-order valence-electron chi connectivity index (χ4n) is 4.92. The Bertz CT molecular complexity index is 2440. The molecule has 4 rings (SSSR count). The Balaban J connectivity index is 1.63. The summed E-state index contributed by atoms with van der Waals surface area (Å²) in [6, 6.07) is 7.52. The number of rotatable bonds is 23. The molecule has 0 saturated heterocycles. The number of aromatic nitrogens is 6. The zero-order valence-corrected chi connectivity index (χ0v) is 33.9. The molecule has 322 valence electrons. The Morgan fingerprint density at radius 1 is 0.729 bits per heavy atom. The fraction of sp³-hybridized carbons (Fsp3) is 0.375. The van der Waals surface area contributed by atoms with Crippen molar-refractivity contribution in [2.75, 3.05) is 85.0 Å². The molecule has 10 N–H and O–H groups in total. The number of aryl methyl sites for hydroxylation is 1. The molecule has 1 unspecified atom stereocenters. The van der Waals surface area contributed by atoms with Crippen LogP contribution in [0.4, 0.5) is 41.1 Å². The third-order valence-corrected chi connectivity index (χ3v) is 10.1. The van der Waals surface area contributed by atoms with Gasteiger partial charge in [0.15, 0.2) is 0 Å². The van der Waals surface area contributed by atoms with Crippen LogP contribution in [0, 0.1) is 0 Å². The molecule has 24 nitrogen and oxygen atoms in total. The summed E-state index contributed by atoms with van der Waals surface area (Å²) in [5.41, 5.74) is -0.00898. The Hall–Kier alpha value is -5.23. The molecule has 59 heavy (non-hydrogen) atoms. The van der Waals surface area contributed by atoms with Crippen molar-refractivity contribution in [2.24, 2.45) is 0 Å². The molecular formula is C32H43N11O13S3. The molecule has 0 radical (unpaired) electrons. The zero-order valence-electron chi connectivity index (χ0n) is 31.5. The van der Waals surface area contributed by atoms with Crippen LogP contribution in [0.3, 0.4) is 0 Å². The number of benzene rings is 2. The lowest BCUT2D eigenvalue weighted by molar-refractivity contribution is 0.0991. The summed E-state index contributed by atoms with van der Waals surface area (Å²) in [6.07, 6.45) is 1.71. The summed E-state index contributed by atoms with van der Waals surface area (Å²) in [4.78, 5) is 25.6. The number of aliphatic hydroxyl groups excluding tert-OH is 3. The molecule has 0 spiro atoms. The molecular weight excluding hydrogens is 843 g/mol. The van der Waals surface area contributed by atoms with Crippen LogP contribution in [0.2, 0.25) is 0 Å². The number of likely N-dealkylation sites (N-methyl/N-ethyl adjacent to an activating group) is 1. The van der Waals surface area contributed by atoms with E-state index in [1.54, 1.807) is 14.0 Å². The van der Waals surface area contributed by atoms with E-state index in [1.165, 1.54) is 41.3 Å². The molecule has 0 aliphatic rings. The number of nitrogens with zero attached hydrogens (tertiary/aromatic N) is 7. The molecule has 0 saturated carbocycles. The first kappa shape index (κ1) is 46.5. The van der Waals surface area contributed by atoms with Crippen LogP contribution in [-0.4, -0.2) is 149 Å². The van der Waals surface area contributed by atoms with Crippen LogP contribution in [0.15, 0.2) is 46.2 Å². The number of hydrogen-bond donors (Lipinski definition) is 10. The van der Waals surface area contributed by atoms with Crippen LogP contribution < -0.4 is 26.2 Å². The molecule has 0 aliphatic carbocycles. The van der Waals surface area contributed by atoms with E-state index in [-0.39, 0.29) is 91.7 Å². The largest absolute Gasteiger partial charge is 0.394 e. The van der Waals surface area contributed by atoms with Crippen LogP contribution in [-0.2, 0) is 41.5 Å². The van der Waals surface area contributed by atoms with E-state index >= 15 is 0 Å². The molecule has 2 aromatic carbocycles. The third kappa shape index (κ3) is 14.8. The van der Waals surface area contributed by atoms with Crippen LogP contribution in [0.1, 0.15) is 23.9 Å². The molecule has 0 amide bonds. The summed E-state index contributed by atoms with van der Waals surface area (Å²) in [5.74, 6) is -0.487. The van der Waals surface area contributed by atoms with E-state index in [2.05, 4.69) is 51.2 Å². The molecule has 0 fully saturated rings. The van der Waals surface area contributed by atoms with Gasteiger partial charge in [-0.05, 0) is 35.4 Å². The monoisotopic (exact) mass is 885 g/mol. The highest BCUT2D eigenvalue weighted by Gasteiger charge is 2.20. The fourth-order valence-corrected chi connectivity index (χ4v) is 6.69. The van der Waals surface area contributed by atoms with E-state index in [1.807, 2.05) is 0 Å². The van der Waals surface area contributed by atoms with E-state index in [9.17, 15) is 44.6 Å². The van der Waals surface area contributed by atoms with Crippen molar-refractivity contribution in [3.63, 3.8) is 0 Å². The smallest absolute Gasteiger partial charge is 0.295 e. The van der Waals surface area contributed by atoms with Crippen molar-refractivity contribution in [3.05, 3.63) is 53.3 Å². The van der Waals surface area contributed by atoms with Crippen molar-refractivity contribution in [1.82, 2.24) is 29.9 Å². The topological polar surface area (TPSA) is 362 Å². The quantitative estimate of drug-likeness (QED) is 0.0272. The summed E-state index contributed by atoms with van der Waals surface area (Å²) in [6.45, 7) is 1.24. The zero-order chi connectivity index (χ0) is 43.4. The summed E-state index contributed by atoms with van der Waals surface area (Å²) in [5, 5.41) is 39.0. The second-order valence-electron chi connectivity index (χ2n) is 12.3. The average molecular weight is 886 g/mol. The maximum atomic E-state index is 12.5. The Morgan fingerprint density at radius 3 is 1.75 bits per heavy atom. The average Bonchev–Trinajstić information content (AvgIpc) is 3.16. The van der Waals surface area contributed by atoms with Gasteiger partial charge in [-0.2, -0.15) is 55.2 Å². The van der Waals surface area contributed by atoms with Crippen molar-refractivity contribution in [1.29, 1.82) is 0 Å². The van der Waals surface area contributed by atoms with Crippen LogP contribution in [0.5, 0.6) is 0 Å². The first-order valence-electron chi connectivity index (χ1n) is 17.4. The number of aliphatic hydroxyl groups is 3. The lowest BCUT2D eigenvalue weighted by Gasteiger charge is -2.20. The predicted molar refractivity (Wildman–Crippen MR) is 215 cm³/mol. The first-order valence-corrected chi connectivity index (χ1v) is 21.8. The van der Waals surface area contributed by atoms with E-state index in [4.69, 9.17) is 14.4 Å². The predicted octanol–water partition coefficient (Wildman–Crippen LogP) is 0.280. The molecule has 0 aliphatic heterocycles. The van der Waals surface area contributed by atoms with E-state index in [0.717, 1.165) is 12.1 Å². The van der Waals surface area contributed by atoms with Gasteiger partial charge in [0, 0.05) is 44.5 Å². The number of anilines is 7. The Kier molecular flexibility index (Phi) is 16.3. The number of ether oxygens (including phenoxy) is 1. The minimum atomic E-state index is -4.93. The Morgan fingerprint density at radius 2 is 1.25 bits per heavy atom. The highest BCUT2D eigenvalue weighted by atomic mass is 32.2. The Labute approximate surface area is 339 Å². The molecule has 4 aromatic rings. The van der Waals surface area contributed by atoms with Crippen molar-refractivity contribution in [3.8, 4) is 0 Å². The van der Waals surface area contributed by atoms with E-state index < -0.39 is 58.6 Å². The number of nitrogens with one attached hydrogen (secondary N) is 4. The maximum absolute atomic E-state index is 12.5. The molecule has 0 bridgehead atoms. The lowest BCUT2D eigenvalue weighted by atomic mass is 10.1. The minimum Gasteiger partial charge on any atom is -0.394 e. The molecule has 2 aromatic heterocycles. The van der Waals surface area contributed by atoms with Crippen molar-refractivity contribution in [2.45, 2.75) is 29.2 Å². The summed E-state index contributed by atoms with van der Waals surface area (Å²) in [7, 11) is -12.5. The van der Waals surface area contributed by atoms with Gasteiger partial charge in [-0.15, -0.1) is 0 Å². The van der Waals surface area contributed by atoms with Crippen molar-refractivity contribution < 1.29 is 59.0 Å². The van der Waals surface area contributed by atoms with Gasteiger partial charge in [0.25, 0.3) is 30.4 Å². The first-order chi connectivity index (χ1) is 27.8. The van der Waals surface area contributed by atoms with Gasteiger partial charge in [0.1, 0.15) is 15.6 Å². The third-order valence-electron chi connectivity index (χ3n) is 7.60. The highest BCUT2D eigenvalue weighted by Crippen LogP contribution is 2.28. The molecule has 2 heterocycles. The summed E-state index contributed by atoms with van der Waals surface area (Å²) < 4.78 is 107. The normalized spacial score (nSPS) is 12.7. The second kappa shape index (κ2) is 20.6.